The Kier molecular flexibility index (Phi) is 8.21. The summed E-state index contributed by atoms with van der Waals surface area (Å²) in [5, 5.41) is 9.02. The van der Waals surface area contributed by atoms with Crippen LogP contribution in [0.4, 0.5) is 10.5 Å². The number of para-hydroxylation sites is 1. The molecule has 0 unspecified atom stereocenters. The number of likely N-dealkylation sites (tertiary alicyclic amines) is 1. The smallest absolute Gasteiger partial charge is 0.321 e. The number of ether oxygens (including phenoxy) is 1. The highest BCUT2D eigenvalue weighted by atomic mass is 16.5. The van der Waals surface area contributed by atoms with Crippen molar-refractivity contribution in [1.29, 1.82) is 0 Å². The zero-order valence-corrected chi connectivity index (χ0v) is 14.8. The standard InChI is InChI=1S/C18H28N4O3/c1-25-14-11-19-9-10-20-17(23)15-7-12-22(13-8-15)18(24)21-16-5-3-2-4-6-16/h2-6,15,19H,7-14H2,1H3,(H,20,23)(H,21,24). The average Bonchev–Trinajstić information content (AvgIpc) is 2.65. The molecule has 2 rings (SSSR count). The number of carbonyl (C=O) groups is 2. The Morgan fingerprint density at radius 2 is 1.84 bits per heavy atom. The second-order valence-corrected chi connectivity index (χ2v) is 6.09. The number of carbonyl (C=O) groups excluding carboxylic acids is 2. The monoisotopic (exact) mass is 348 g/mol. The molecular formula is C18H28N4O3. The van der Waals surface area contributed by atoms with Crippen LogP contribution in [0.5, 0.6) is 0 Å². The van der Waals surface area contributed by atoms with Crippen LogP contribution < -0.4 is 16.0 Å². The number of urea groups is 1. The van der Waals surface area contributed by atoms with Crippen LogP contribution in [-0.4, -0.2) is 63.3 Å². The second-order valence-electron chi connectivity index (χ2n) is 6.09. The molecule has 7 nitrogen and oxygen atoms in total. The van der Waals surface area contributed by atoms with Gasteiger partial charge in [0.2, 0.25) is 5.91 Å². The van der Waals surface area contributed by atoms with Crippen molar-refractivity contribution in [1.82, 2.24) is 15.5 Å². The number of piperidine rings is 1. The molecule has 1 saturated heterocycles. The van der Waals surface area contributed by atoms with Crippen molar-refractivity contribution in [3.05, 3.63) is 30.3 Å². The first-order chi connectivity index (χ1) is 12.2. The van der Waals surface area contributed by atoms with Gasteiger partial charge in [0.1, 0.15) is 0 Å². The molecule has 138 valence electrons. The predicted octanol–water partition coefficient (Wildman–Crippen LogP) is 1.28. The largest absolute Gasteiger partial charge is 0.383 e. The fraction of sp³-hybridized carbons (Fsp3) is 0.556. The van der Waals surface area contributed by atoms with Crippen LogP contribution in [0.2, 0.25) is 0 Å². The van der Waals surface area contributed by atoms with Crippen LogP contribution in [-0.2, 0) is 9.53 Å². The quantitative estimate of drug-likeness (QED) is 0.618. The fourth-order valence-corrected chi connectivity index (χ4v) is 2.79. The zero-order chi connectivity index (χ0) is 17.9. The number of nitrogens with zero attached hydrogens (tertiary/aromatic N) is 1. The molecule has 3 N–H and O–H groups in total. The number of anilines is 1. The Balaban J connectivity index is 1.63. The molecule has 0 bridgehead atoms. The van der Waals surface area contributed by atoms with Gasteiger partial charge in [0, 0.05) is 51.4 Å². The average molecular weight is 348 g/mol. The Bertz CT molecular complexity index is 530. The van der Waals surface area contributed by atoms with E-state index in [9.17, 15) is 9.59 Å². The van der Waals surface area contributed by atoms with E-state index in [2.05, 4.69) is 16.0 Å². The van der Waals surface area contributed by atoms with Gasteiger partial charge >= 0.3 is 6.03 Å². The van der Waals surface area contributed by atoms with E-state index in [1.54, 1.807) is 12.0 Å². The summed E-state index contributed by atoms with van der Waals surface area (Å²) in [4.78, 5) is 26.2. The number of benzene rings is 1. The van der Waals surface area contributed by atoms with Crippen molar-refractivity contribution >= 4 is 17.6 Å². The highest BCUT2D eigenvalue weighted by molar-refractivity contribution is 5.89. The Hall–Kier alpha value is -2.12. The molecule has 1 aliphatic rings. The van der Waals surface area contributed by atoms with Gasteiger partial charge in [-0.15, -0.1) is 0 Å². The van der Waals surface area contributed by atoms with Crippen LogP contribution in [0.25, 0.3) is 0 Å². The van der Waals surface area contributed by atoms with Crippen molar-refractivity contribution in [3.8, 4) is 0 Å². The Morgan fingerprint density at radius 3 is 2.52 bits per heavy atom. The van der Waals surface area contributed by atoms with E-state index in [-0.39, 0.29) is 17.9 Å². The summed E-state index contributed by atoms with van der Waals surface area (Å²) in [5.41, 5.74) is 0.785. The third kappa shape index (κ3) is 6.72. The lowest BCUT2D eigenvalue weighted by Crippen LogP contribution is -2.45. The van der Waals surface area contributed by atoms with Gasteiger partial charge in [-0.2, -0.15) is 0 Å². The van der Waals surface area contributed by atoms with E-state index in [0.29, 0.717) is 39.1 Å². The van der Waals surface area contributed by atoms with Crippen LogP contribution in [0, 0.1) is 5.92 Å². The lowest BCUT2D eigenvalue weighted by molar-refractivity contribution is -0.126. The topological polar surface area (TPSA) is 82.7 Å². The normalized spacial score (nSPS) is 15.0. The molecule has 0 aliphatic carbocycles. The highest BCUT2D eigenvalue weighted by Gasteiger charge is 2.27. The zero-order valence-electron chi connectivity index (χ0n) is 14.8. The molecular weight excluding hydrogens is 320 g/mol. The maximum Gasteiger partial charge on any atom is 0.321 e. The summed E-state index contributed by atoms with van der Waals surface area (Å²) in [6, 6.07) is 9.30. The van der Waals surface area contributed by atoms with Gasteiger partial charge in [0.15, 0.2) is 0 Å². The van der Waals surface area contributed by atoms with Gasteiger partial charge in [0.05, 0.1) is 6.61 Å². The molecule has 1 aromatic rings. The number of hydrogen-bond donors (Lipinski definition) is 3. The lowest BCUT2D eigenvalue weighted by atomic mass is 9.96. The minimum Gasteiger partial charge on any atom is -0.383 e. The van der Waals surface area contributed by atoms with Gasteiger partial charge in [-0.1, -0.05) is 18.2 Å². The third-order valence-electron chi connectivity index (χ3n) is 4.26. The molecule has 0 spiro atoms. The summed E-state index contributed by atoms with van der Waals surface area (Å²) in [5.74, 6) is 0.0661. The summed E-state index contributed by atoms with van der Waals surface area (Å²) in [7, 11) is 1.66. The molecule has 1 fully saturated rings. The summed E-state index contributed by atoms with van der Waals surface area (Å²) in [6.45, 7) is 3.98. The molecule has 0 aromatic heterocycles. The maximum absolute atomic E-state index is 12.2. The Labute approximate surface area is 149 Å². The van der Waals surface area contributed by atoms with Gasteiger partial charge < -0.3 is 25.6 Å². The van der Waals surface area contributed by atoms with Crippen LogP contribution in [0.3, 0.4) is 0 Å². The van der Waals surface area contributed by atoms with E-state index in [0.717, 1.165) is 18.8 Å². The van der Waals surface area contributed by atoms with E-state index in [4.69, 9.17) is 4.74 Å². The second kappa shape index (κ2) is 10.7. The molecule has 0 saturated carbocycles. The first kappa shape index (κ1) is 19.2. The molecule has 0 radical (unpaired) electrons. The number of rotatable bonds is 8. The van der Waals surface area contributed by atoms with Crippen LogP contribution >= 0.6 is 0 Å². The third-order valence-corrected chi connectivity index (χ3v) is 4.26. The van der Waals surface area contributed by atoms with E-state index in [1.807, 2.05) is 30.3 Å². The predicted molar refractivity (Wildman–Crippen MR) is 97.5 cm³/mol. The Morgan fingerprint density at radius 1 is 1.12 bits per heavy atom. The summed E-state index contributed by atoms with van der Waals surface area (Å²) >= 11 is 0. The van der Waals surface area contributed by atoms with Crippen molar-refractivity contribution in [3.63, 3.8) is 0 Å². The molecule has 1 aromatic carbocycles. The molecule has 1 aliphatic heterocycles. The lowest BCUT2D eigenvalue weighted by Gasteiger charge is -2.31. The SMILES string of the molecule is COCCNCCNC(=O)C1CCN(C(=O)Nc2ccccc2)CC1. The number of amides is 3. The molecule has 0 atom stereocenters. The van der Waals surface area contributed by atoms with Crippen molar-refractivity contribution in [2.24, 2.45) is 5.92 Å². The summed E-state index contributed by atoms with van der Waals surface area (Å²) in [6.07, 6.45) is 1.40. The number of nitrogens with one attached hydrogen (secondary N) is 3. The molecule has 7 heteroatoms. The van der Waals surface area contributed by atoms with Gasteiger partial charge in [-0.05, 0) is 25.0 Å². The molecule has 1 heterocycles. The van der Waals surface area contributed by atoms with E-state index >= 15 is 0 Å². The van der Waals surface area contributed by atoms with E-state index < -0.39 is 0 Å². The van der Waals surface area contributed by atoms with Crippen molar-refractivity contribution in [2.45, 2.75) is 12.8 Å². The summed E-state index contributed by atoms with van der Waals surface area (Å²) < 4.78 is 4.94. The number of methoxy groups -OCH3 is 1. The highest BCUT2D eigenvalue weighted by Crippen LogP contribution is 2.18. The minimum atomic E-state index is -0.104. The van der Waals surface area contributed by atoms with Crippen LogP contribution in [0.15, 0.2) is 30.3 Å². The van der Waals surface area contributed by atoms with Crippen molar-refractivity contribution < 1.29 is 14.3 Å². The van der Waals surface area contributed by atoms with Gasteiger partial charge in [-0.3, -0.25) is 4.79 Å². The first-order valence-corrected chi connectivity index (χ1v) is 8.79. The first-order valence-electron chi connectivity index (χ1n) is 8.79. The fourth-order valence-electron chi connectivity index (χ4n) is 2.79. The van der Waals surface area contributed by atoms with E-state index in [1.165, 1.54) is 0 Å². The maximum atomic E-state index is 12.2. The molecule has 3 amide bonds. The molecule has 25 heavy (non-hydrogen) atoms. The van der Waals surface area contributed by atoms with Crippen LogP contribution in [0.1, 0.15) is 12.8 Å². The minimum absolute atomic E-state index is 0.0141. The van der Waals surface area contributed by atoms with Gasteiger partial charge in [0.25, 0.3) is 0 Å². The van der Waals surface area contributed by atoms with Gasteiger partial charge in [-0.25, -0.2) is 4.79 Å². The number of hydrogen-bond acceptors (Lipinski definition) is 4. The van der Waals surface area contributed by atoms with Crippen molar-refractivity contribution in [2.75, 3.05) is 51.8 Å².